The lowest BCUT2D eigenvalue weighted by Gasteiger charge is -2.20. The fourth-order valence-corrected chi connectivity index (χ4v) is 1.71. The number of nitrogens with zero attached hydrogens (tertiary/aromatic N) is 1. The molecule has 6 heteroatoms. The second-order valence-corrected chi connectivity index (χ2v) is 5.34. The van der Waals surface area contributed by atoms with Crippen LogP contribution in [0.4, 0.5) is 9.18 Å². The van der Waals surface area contributed by atoms with Gasteiger partial charge in [-0.15, -0.1) is 0 Å². The van der Waals surface area contributed by atoms with Crippen molar-refractivity contribution in [3.63, 3.8) is 0 Å². The summed E-state index contributed by atoms with van der Waals surface area (Å²) < 4.78 is 19.1. The number of carbonyl (C=O) groups is 1. The number of amides is 1. The van der Waals surface area contributed by atoms with Gasteiger partial charge in [0.1, 0.15) is 11.4 Å². The summed E-state index contributed by atoms with van der Waals surface area (Å²) in [5.74, 6) is -0.422. The predicted molar refractivity (Wildman–Crippen MR) is 73.8 cm³/mol. The van der Waals surface area contributed by atoms with Gasteiger partial charge in [-0.05, 0) is 50.4 Å². The zero-order valence-corrected chi connectivity index (χ0v) is 11.4. The van der Waals surface area contributed by atoms with E-state index in [1.807, 2.05) is 0 Å². The number of nitrogens with one attached hydrogen (secondary N) is 1. The van der Waals surface area contributed by atoms with Crippen LogP contribution in [0.1, 0.15) is 20.8 Å². The Morgan fingerprint density at radius 2 is 2.00 bits per heavy atom. The lowest BCUT2D eigenvalue weighted by atomic mass is 10.2. The van der Waals surface area contributed by atoms with Gasteiger partial charge in [0.05, 0.1) is 0 Å². The topological polar surface area (TPSA) is 60.3 Å². The summed E-state index contributed by atoms with van der Waals surface area (Å²) in [6.45, 7) is 5.16. The Morgan fingerprint density at radius 3 is 2.65 bits per heavy atom. The summed E-state index contributed by atoms with van der Waals surface area (Å²) in [6, 6.07) is 5.37. The van der Waals surface area contributed by atoms with E-state index in [9.17, 15) is 14.0 Å². The lowest BCUT2D eigenvalue weighted by molar-refractivity contribution is 0.0612. The minimum atomic E-state index is -0.735. The van der Waals surface area contributed by atoms with Crippen LogP contribution in [0.2, 0.25) is 0 Å². The number of fused-ring (bicyclic) bond motifs is 1. The maximum absolute atomic E-state index is 13.1. The molecular weight excluding hydrogens is 263 g/mol. The highest BCUT2D eigenvalue weighted by Crippen LogP contribution is 2.11. The number of halogens is 1. The van der Waals surface area contributed by atoms with E-state index in [4.69, 9.17) is 4.74 Å². The van der Waals surface area contributed by atoms with Crippen LogP contribution in [0.15, 0.2) is 35.3 Å². The van der Waals surface area contributed by atoms with Crippen molar-refractivity contribution >= 4 is 16.9 Å². The summed E-state index contributed by atoms with van der Waals surface area (Å²) in [6.07, 6.45) is 0.620. The van der Waals surface area contributed by atoms with Crippen molar-refractivity contribution in [2.24, 2.45) is 0 Å². The molecule has 1 aromatic carbocycles. The van der Waals surface area contributed by atoms with E-state index in [0.717, 1.165) is 4.68 Å². The first-order chi connectivity index (χ1) is 9.26. The number of carbonyl (C=O) groups excluding carboxylic acids is 1. The van der Waals surface area contributed by atoms with Crippen molar-refractivity contribution in [3.8, 4) is 0 Å². The number of benzene rings is 1. The summed E-state index contributed by atoms with van der Waals surface area (Å²) in [7, 11) is 0. The van der Waals surface area contributed by atoms with Crippen molar-refractivity contribution in [2.45, 2.75) is 26.4 Å². The summed E-state index contributed by atoms with van der Waals surface area (Å²) in [4.78, 5) is 23.7. The summed E-state index contributed by atoms with van der Waals surface area (Å²) in [5, 5.41) is 0.780. The molecule has 0 saturated heterocycles. The van der Waals surface area contributed by atoms with E-state index < -0.39 is 23.1 Å². The Bertz CT molecular complexity index is 716. The highest BCUT2D eigenvalue weighted by Gasteiger charge is 2.16. The SMILES string of the molecule is CC(C)(C)OC(=O)Nn1ccc2cc(F)ccc2c1=O. The fraction of sp³-hybridized carbons (Fsp3) is 0.286. The van der Waals surface area contributed by atoms with Crippen LogP contribution in [-0.2, 0) is 4.74 Å². The molecule has 0 aliphatic rings. The van der Waals surface area contributed by atoms with E-state index in [1.165, 1.54) is 30.5 Å². The third-order valence-electron chi connectivity index (χ3n) is 2.48. The van der Waals surface area contributed by atoms with Crippen LogP contribution in [0.25, 0.3) is 10.8 Å². The van der Waals surface area contributed by atoms with E-state index in [0.29, 0.717) is 10.8 Å². The van der Waals surface area contributed by atoms with Crippen LogP contribution in [0.5, 0.6) is 0 Å². The molecule has 0 bridgehead atoms. The van der Waals surface area contributed by atoms with Gasteiger partial charge in [-0.2, -0.15) is 0 Å². The molecule has 0 aliphatic carbocycles. The van der Waals surface area contributed by atoms with Gasteiger partial charge in [-0.25, -0.2) is 19.3 Å². The Hall–Kier alpha value is -2.37. The minimum Gasteiger partial charge on any atom is -0.443 e. The monoisotopic (exact) mass is 278 g/mol. The van der Waals surface area contributed by atoms with E-state index in [1.54, 1.807) is 20.8 Å². The van der Waals surface area contributed by atoms with E-state index in [2.05, 4.69) is 5.43 Å². The summed E-state index contributed by atoms with van der Waals surface area (Å²) in [5.41, 5.74) is 1.21. The molecular formula is C14H15FN2O3. The molecule has 0 aliphatic heterocycles. The molecule has 0 saturated carbocycles. The first kappa shape index (κ1) is 14.0. The average Bonchev–Trinajstić information content (AvgIpc) is 2.30. The van der Waals surface area contributed by atoms with Gasteiger partial charge in [-0.1, -0.05) is 0 Å². The van der Waals surface area contributed by atoms with Gasteiger partial charge in [0.2, 0.25) is 0 Å². The third kappa shape index (κ3) is 3.14. The highest BCUT2D eigenvalue weighted by molar-refractivity contribution is 5.82. The molecule has 2 aromatic rings. The Morgan fingerprint density at radius 1 is 1.30 bits per heavy atom. The second kappa shape index (κ2) is 4.96. The van der Waals surface area contributed by atoms with Crippen molar-refractivity contribution in [3.05, 3.63) is 46.6 Å². The highest BCUT2D eigenvalue weighted by atomic mass is 19.1. The molecule has 20 heavy (non-hydrogen) atoms. The maximum atomic E-state index is 13.1. The normalized spacial score (nSPS) is 11.4. The number of ether oxygens (including phenoxy) is 1. The molecule has 1 amide bonds. The van der Waals surface area contributed by atoms with Crippen LogP contribution in [-0.4, -0.2) is 16.4 Å². The molecule has 106 valence electrons. The van der Waals surface area contributed by atoms with Gasteiger partial charge in [0.25, 0.3) is 5.56 Å². The number of hydrogen-bond donors (Lipinski definition) is 1. The van der Waals surface area contributed by atoms with Gasteiger partial charge >= 0.3 is 6.09 Å². The van der Waals surface area contributed by atoms with Gasteiger partial charge in [0, 0.05) is 11.6 Å². The molecule has 0 radical (unpaired) electrons. The summed E-state index contributed by atoms with van der Waals surface area (Å²) >= 11 is 0. The predicted octanol–water partition coefficient (Wildman–Crippen LogP) is 2.62. The van der Waals surface area contributed by atoms with E-state index >= 15 is 0 Å². The second-order valence-electron chi connectivity index (χ2n) is 5.34. The Labute approximate surface area is 114 Å². The van der Waals surface area contributed by atoms with Gasteiger partial charge in [0.15, 0.2) is 0 Å². The van der Waals surface area contributed by atoms with Crippen molar-refractivity contribution < 1.29 is 13.9 Å². The molecule has 0 unspecified atom stereocenters. The van der Waals surface area contributed by atoms with Crippen LogP contribution >= 0.6 is 0 Å². The zero-order valence-electron chi connectivity index (χ0n) is 11.4. The van der Waals surface area contributed by atoms with Crippen molar-refractivity contribution in [1.29, 1.82) is 0 Å². The molecule has 2 rings (SSSR count). The lowest BCUT2D eigenvalue weighted by Crippen LogP contribution is -2.36. The number of hydrogen-bond acceptors (Lipinski definition) is 3. The fourth-order valence-electron chi connectivity index (χ4n) is 1.71. The molecule has 1 N–H and O–H groups in total. The quantitative estimate of drug-likeness (QED) is 0.872. The first-order valence-electron chi connectivity index (χ1n) is 6.07. The number of aromatic nitrogens is 1. The number of rotatable bonds is 1. The molecule has 0 spiro atoms. The van der Waals surface area contributed by atoms with E-state index in [-0.39, 0.29) is 0 Å². The van der Waals surface area contributed by atoms with Gasteiger partial charge < -0.3 is 4.74 Å². The smallest absolute Gasteiger partial charge is 0.427 e. The first-order valence-corrected chi connectivity index (χ1v) is 6.07. The molecule has 1 aromatic heterocycles. The van der Waals surface area contributed by atoms with Crippen LogP contribution in [0, 0.1) is 5.82 Å². The van der Waals surface area contributed by atoms with Crippen LogP contribution in [0.3, 0.4) is 0 Å². The van der Waals surface area contributed by atoms with Crippen molar-refractivity contribution in [1.82, 2.24) is 4.68 Å². The average molecular weight is 278 g/mol. The maximum Gasteiger partial charge on any atom is 0.427 e. The molecule has 1 heterocycles. The largest absolute Gasteiger partial charge is 0.443 e. The minimum absolute atomic E-state index is 0.310. The molecule has 5 nitrogen and oxygen atoms in total. The number of pyridine rings is 1. The van der Waals surface area contributed by atoms with Crippen molar-refractivity contribution in [2.75, 3.05) is 5.43 Å². The molecule has 0 fully saturated rings. The molecule has 0 atom stereocenters. The Kier molecular flexibility index (Phi) is 3.48. The Balaban J connectivity index is 2.32. The van der Waals surface area contributed by atoms with Gasteiger partial charge in [-0.3, -0.25) is 4.79 Å². The standard InChI is InChI=1S/C14H15FN2O3/c1-14(2,3)20-13(19)16-17-7-6-9-8-10(15)4-5-11(9)12(17)18/h4-8H,1-3H3,(H,16,19). The third-order valence-corrected chi connectivity index (χ3v) is 2.48. The van der Waals surface area contributed by atoms with Crippen LogP contribution < -0.4 is 11.0 Å². The zero-order chi connectivity index (χ0) is 14.9.